The van der Waals surface area contributed by atoms with Crippen LogP contribution in [0.15, 0.2) is 4.99 Å². The average Bonchev–Trinajstić information content (AvgIpc) is 2.28. The van der Waals surface area contributed by atoms with Crippen molar-refractivity contribution in [3.8, 4) is 0 Å². The lowest BCUT2D eigenvalue weighted by Crippen LogP contribution is -2.37. The number of rotatable bonds is 5. The van der Waals surface area contributed by atoms with Crippen LogP contribution in [-0.2, 0) is 0 Å². The molecule has 0 fully saturated rings. The zero-order valence-electron chi connectivity index (χ0n) is 12.8. The van der Waals surface area contributed by atoms with E-state index in [1.54, 1.807) is 0 Å². The minimum atomic E-state index is 0.291. The number of unbranched alkanes of at least 4 members (excludes halogenated alkanes) is 2. The lowest BCUT2D eigenvalue weighted by Gasteiger charge is -2.31. The second-order valence-electron chi connectivity index (χ2n) is 6.49. The number of nitrogens with one attached hydrogen (secondary N) is 1. The number of aliphatic imine (C=N–C) groups is 1. The molecule has 0 aromatic heterocycles. The van der Waals surface area contributed by atoms with Gasteiger partial charge in [0.05, 0.1) is 6.04 Å². The standard InChI is InChI=1S/C15H30N2S/c1-6-7-8-9-12(2)16-14-17-13(10-11-18-14)15(3,4)5/h12-13H,6-11H2,1-5H3,(H,16,17). The molecule has 0 saturated heterocycles. The first-order valence-electron chi connectivity index (χ1n) is 7.40. The van der Waals surface area contributed by atoms with Crippen LogP contribution in [0.5, 0.6) is 0 Å². The van der Waals surface area contributed by atoms with E-state index in [1.165, 1.54) is 43.0 Å². The highest BCUT2D eigenvalue weighted by atomic mass is 32.2. The van der Waals surface area contributed by atoms with Gasteiger partial charge < -0.3 is 5.32 Å². The van der Waals surface area contributed by atoms with Gasteiger partial charge in [0, 0.05) is 11.8 Å². The van der Waals surface area contributed by atoms with Crippen molar-refractivity contribution in [2.75, 3.05) is 5.75 Å². The first-order chi connectivity index (χ1) is 8.43. The Bertz CT molecular complexity index is 268. The van der Waals surface area contributed by atoms with Crippen LogP contribution in [0.1, 0.15) is 66.7 Å². The molecule has 1 heterocycles. The summed E-state index contributed by atoms with van der Waals surface area (Å²) in [5, 5.41) is 4.76. The van der Waals surface area contributed by atoms with Crippen LogP contribution in [0, 0.1) is 5.41 Å². The molecule has 0 radical (unpaired) electrons. The van der Waals surface area contributed by atoms with Crippen LogP contribution in [0.2, 0.25) is 0 Å². The number of nitrogens with zero attached hydrogens (tertiary/aromatic N) is 1. The molecule has 1 aliphatic rings. The largest absolute Gasteiger partial charge is 0.362 e. The summed E-state index contributed by atoms with van der Waals surface area (Å²) in [6.07, 6.45) is 6.44. The maximum Gasteiger partial charge on any atom is 0.157 e. The predicted octanol–water partition coefficient (Wildman–Crippen LogP) is 4.45. The quantitative estimate of drug-likeness (QED) is 0.746. The van der Waals surface area contributed by atoms with E-state index in [1.807, 2.05) is 11.8 Å². The van der Waals surface area contributed by atoms with Gasteiger partial charge in [-0.3, -0.25) is 4.99 Å². The maximum atomic E-state index is 4.89. The van der Waals surface area contributed by atoms with Crippen molar-refractivity contribution in [2.24, 2.45) is 10.4 Å². The minimum absolute atomic E-state index is 0.291. The van der Waals surface area contributed by atoms with E-state index >= 15 is 0 Å². The van der Waals surface area contributed by atoms with E-state index < -0.39 is 0 Å². The number of amidine groups is 1. The molecular formula is C15H30N2S. The fourth-order valence-electron chi connectivity index (χ4n) is 2.20. The first kappa shape index (κ1) is 15.9. The molecule has 1 aliphatic heterocycles. The SMILES string of the molecule is CCCCCC(C)NC1=NC(C(C)(C)C)CCS1. The summed E-state index contributed by atoms with van der Waals surface area (Å²) in [5.41, 5.74) is 0.291. The lowest BCUT2D eigenvalue weighted by molar-refractivity contribution is 0.315. The van der Waals surface area contributed by atoms with E-state index in [0.717, 1.165) is 0 Å². The van der Waals surface area contributed by atoms with E-state index in [0.29, 0.717) is 17.5 Å². The molecule has 106 valence electrons. The van der Waals surface area contributed by atoms with Crippen molar-refractivity contribution in [3.63, 3.8) is 0 Å². The third-order valence-corrected chi connectivity index (χ3v) is 4.45. The van der Waals surface area contributed by atoms with E-state index in [9.17, 15) is 0 Å². The molecule has 0 bridgehead atoms. The van der Waals surface area contributed by atoms with Gasteiger partial charge in [-0.15, -0.1) is 0 Å². The average molecular weight is 270 g/mol. The number of hydrogen-bond acceptors (Lipinski definition) is 3. The molecule has 0 aromatic carbocycles. The molecule has 2 atom stereocenters. The molecule has 0 spiro atoms. The molecule has 1 N–H and O–H groups in total. The topological polar surface area (TPSA) is 24.4 Å². The van der Waals surface area contributed by atoms with Gasteiger partial charge in [0.25, 0.3) is 0 Å². The Morgan fingerprint density at radius 3 is 2.72 bits per heavy atom. The van der Waals surface area contributed by atoms with Crippen molar-refractivity contribution in [3.05, 3.63) is 0 Å². The third kappa shape index (κ3) is 5.64. The fraction of sp³-hybridized carbons (Fsp3) is 0.933. The highest BCUT2D eigenvalue weighted by Crippen LogP contribution is 2.30. The molecule has 18 heavy (non-hydrogen) atoms. The molecular weight excluding hydrogens is 240 g/mol. The summed E-state index contributed by atoms with van der Waals surface area (Å²) in [6, 6.07) is 1.03. The molecule has 1 rings (SSSR count). The summed E-state index contributed by atoms with van der Waals surface area (Å²) < 4.78 is 0. The van der Waals surface area contributed by atoms with Crippen molar-refractivity contribution in [1.82, 2.24) is 5.32 Å². The number of thioether (sulfide) groups is 1. The van der Waals surface area contributed by atoms with Gasteiger partial charge in [0.2, 0.25) is 0 Å². The minimum Gasteiger partial charge on any atom is -0.362 e. The molecule has 0 aromatic rings. The monoisotopic (exact) mass is 270 g/mol. The van der Waals surface area contributed by atoms with Gasteiger partial charge in [0.15, 0.2) is 5.17 Å². The highest BCUT2D eigenvalue weighted by molar-refractivity contribution is 8.13. The summed E-state index contributed by atoms with van der Waals surface area (Å²) >= 11 is 1.89. The maximum absolute atomic E-state index is 4.89. The molecule has 3 heteroatoms. The molecule has 0 saturated carbocycles. The summed E-state index contributed by atoms with van der Waals surface area (Å²) in [4.78, 5) is 4.89. The zero-order valence-corrected chi connectivity index (χ0v) is 13.6. The second kappa shape index (κ2) is 7.42. The van der Waals surface area contributed by atoms with Crippen LogP contribution in [-0.4, -0.2) is 23.0 Å². The van der Waals surface area contributed by atoms with Crippen LogP contribution < -0.4 is 5.32 Å². The van der Waals surface area contributed by atoms with Crippen LogP contribution in [0.4, 0.5) is 0 Å². The second-order valence-corrected chi connectivity index (χ2v) is 7.58. The van der Waals surface area contributed by atoms with Gasteiger partial charge in [-0.25, -0.2) is 0 Å². The Balaban J connectivity index is 2.43. The molecule has 0 aliphatic carbocycles. The van der Waals surface area contributed by atoms with Crippen molar-refractivity contribution in [1.29, 1.82) is 0 Å². The van der Waals surface area contributed by atoms with Crippen molar-refractivity contribution in [2.45, 2.75) is 78.8 Å². The van der Waals surface area contributed by atoms with Gasteiger partial charge >= 0.3 is 0 Å². The molecule has 0 amide bonds. The van der Waals surface area contributed by atoms with Gasteiger partial charge in [0.1, 0.15) is 0 Å². The smallest absolute Gasteiger partial charge is 0.157 e. The lowest BCUT2D eigenvalue weighted by atomic mass is 9.85. The summed E-state index contributed by atoms with van der Waals surface area (Å²) in [6.45, 7) is 11.4. The predicted molar refractivity (Wildman–Crippen MR) is 84.5 cm³/mol. The summed E-state index contributed by atoms with van der Waals surface area (Å²) in [5.74, 6) is 1.20. The zero-order chi connectivity index (χ0) is 13.6. The Morgan fingerprint density at radius 2 is 2.11 bits per heavy atom. The number of hydrogen-bond donors (Lipinski definition) is 1. The van der Waals surface area contributed by atoms with E-state index in [2.05, 4.69) is 39.9 Å². The van der Waals surface area contributed by atoms with Crippen LogP contribution in [0.25, 0.3) is 0 Å². The normalized spacial score (nSPS) is 22.5. The fourth-order valence-corrected chi connectivity index (χ4v) is 3.22. The Hall–Kier alpha value is -0.180. The van der Waals surface area contributed by atoms with Crippen LogP contribution in [0.3, 0.4) is 0 Å². The van der Waals surface area contributed by atoms with Gasteiger partial charge in [-0.2, -0.15) is 0 Å². The van der Waals surface area contributed by atoms with Crippen LogP contribution >= 0.6 is 11.8 Å². The molecule has 2 nitrogen and oxygen atoms in total. The van der Waals surface area contributed by atoms with Crippen molar-refractivity contribution >= 4 is 16.9 Å². The Morgan fingerprint density at radius 1 is 1.39 bits per heavy atom. The summed E-state index contributed by atoms with van der Waals surface area (Å²) in [7, 11) is 0. The van der Waals surface area contributed by atoms with Crippen molar-refractivity contribution < 1.29 is 0 Å². The third-order valence-electron chi connectivity index (χ3n) is 3.51. The van der Waals surface area contributed by atoms with E-state index in [4.69, 9.17) is 4.99 Å². The Labute approximate surface area is 117 Å². The van der Waals surface area contributed by atoms with Gasteiger partial charge in [-0.05, 0) is 25.2 Å². The van der Waals surface area contributed by atoms with E-state index in [-0.39, 0.29) is 0 Å². The highest BCUT2D eigenvalue weighted by Gasteiger charge is 2.27. The first-order valence-corrected chi connectivity index (χ1v) is 8.39. The Kier molecular flexibility index (Phi) is 6.54. The van der Waals surface area contributed by atoms with Gasteiger partial charge in [-0.1, -0.05) is 58.7 Å². The molecule has 2 unspecified atom stereocenters.